The van der Waals surface area contributed by atoms with Gasteiger partial charge in [0, 0.05) is 12.6 Å². The molecule has 150 valence electrons. The second-order valence-corrected chi connectivity index (χ2v) is 6.92. The van der Waals surface area contributed by atoms with E-state index >= 15 is 0 Å². The molecule has 1 heterocycles. The van der Waals surface area contributed by atoms with E-state index in [1.807, 2.05) is 32.0 Å². The molecular weight excluding hydrogens is 372 g/mol. The molecule has 0 aliphatic carbocycles. The predicted molar refractivity (Wildman–Crippen MR) is 108 cm³/mol. The minimum atomic E-state index is -0.750. The fraction of sp³-hybridized carbons (Fsp3) is 0.227. The minimum absolute atomic E-state index is 0.0161. The zero-order valence-electron chi connectivity index (χ0n) is 16.5. The van der Waals surface area contributed by atoms with Gasteiger partial charge in [0.2, 0.25) is 5.91 Å². The summed E-state index contributed by atoms with van der Waals surface area (Å²) in [6.45, 7) is 5.43. The number of imide groups is 1. The Bertz CT molecular complexity index is 988. The summed E-state index contributed by atoms with van der Waals surface area (Å²) in [4.78, 5) is 37.1. The van der Waals surface area contributed by atoms with Crippen molar-refractivity contribution in [3.05, 3.63) is 64.9 Å². The number of aryl methyl sites for hydroxylation is 2. The largest absolute Gasteiger partial charge is 0.502 e. The first-order chi connectivity index (χ1) is 13.8. The molecule has 1 aliphatic heterocycles. The van der Waals surface area contributed by atoms with Gasteiger partial charge in [-0.1, -0.05) is 18.2 Å². The quantitative estimate of drug-likeness (QED) is 0.735. The van der Waals surface area contributed by atoms with Crippen LogP contribution in [0.3, 0.4) is 0 Å². The summed E-state index contributed by atoms with van der Waals surface area (Å²) in [5.74, 6) is -1.48. The van der Waals surface area contributed by atoms with Crippen molar-refractivity contribution in [2.75, 3.05) is 18.5 Å². The summed E-state index contributed by atoms with van der Waals surface area (Å²) < 4.78 is 5.67. The number of nitrogens with one attached hydrogen (secondary N) is 1. The van der Waals surface area contributed by atoms with Crippen LogP contribution in [0.15, 0.2) is 48.2 Å². The summed E-state index contributed by atoms with van der Waals surface area (Å²) >= 11 is 0. The van der Waals surface area contributed by atoms with Gasteiger partial charge in [0.25, 0.3) is 11.8 Å². The molecule has 2 aromatic carbocycles. The van der Waals surface area contributed by atoms with Crippen molar-refractivity contribution in [3.63, 3.8) is 0 Å². The van der Waals surface area contributed by atoms with E-state index < -0.39 is 17.6 Å². The van der Waals surface area contributed by atoms with Crippen molar-refractivity contribution < 1.29 is 24.2 Å². The first kappa shape index (κ1) is 20.1. The maximum Gasteiger partial charge on any atom is 0.296 e. The van der Waals surface area contributed by atoms with E-state index in [0.29, 0.717) is 17.0 Å². The van der Waals surface area contributed by atoms with Gasteiger partial charge < -0.3 is 15.2 Å². The third kappa shape index (κ3) is 4.45. The molecule has 3 amide bonds. The van der Waals surface area contributed by atoms with Gasteiger partial charge in [-0.05, 0) is 54.8 Å². The average Bonchev–Trinajstić information content (AvgIpc) is 2.85. The Balaban J connectivity index is 1.68. The van der Waals surface area contributed by atoms with Crippen LogP contribution in [-0.2, 0) is 14.4 Å². The molecule has 0 saturated heterocycles. The number of nitrogens with zero attached hydrogens (tertiary/aromatic N) is 1. The first-order valence-electron chi connectivity index (χ1n) is 9.15. The lowest BCUT2D eigenvalue weighted by molar-refractivity contribution is -0.138. The zero-order valence-corrected chi connectivity index (χ0v) is 16.5. The van der Waals surface area contributed by atoms with Gasteiger partial charge in [0.05, 0.1) is 12.1 Å². The number of anilines is 1. The van der Waals surface area contributed by atoms with E-state index in [9.17, 15) is 19.5 Å². The van der Waals surface area contributed by atoms with Gasteiger partial charge in [0.15, 0.2) is 5.76 Å². The number of aliphatic hydroxyl groups excluding tert-OH is 1. The number of carbonyl (C=O) groups is 3. The van der Waals surface area contributed by atoms with Gasteiger partial charge in [-0.2, -0.15) is 0 Å². The molecule has 1 aliphatic rings. The number of carbonyl (C=O) groups excluding carboxylic acids is 3. The van der Waals surface area contributed by atoms with Gasteiger partial charge in [-0.3, -0.25) is 19.3 Å². The van der Waals surface area contributed by atoms with Crippen LogP contribution >= 0.6 is 0 Å². The number of amides is 3. The third-order valence-corrected chi connectivity index (χ3v) is 4.42. The molecule has 29 heavy (non-hydrogen) atoms. The van der Waals surface area contributed by atoms with Crippen LogP contribution in [0.25, 0.3) is 5.57 Å². The molecule has 3 rings (SSSR count). The molecule has 0 unspecified atom stereocenters. The first-order valence-corrected chi connectivity index (χ1v) is 9.15. The van der Waals surface area contributed by atoms with E-state index in [-0.39, 0.29) is 24.6 Å². The topological polar surface area (TPSA) is 95.9 Å². The van der Waals surface area contributed by atoms with Crippen LogP contribution in [0.4, 0.5) is 5.69 Å². The van der Waals surface area contributed by atoms with Crippen molar-refractivity contribution in [1.29, 1.82) is 0 Å². The van der Waals surface area contributed by atoms with Gasteiger partial charge in [0.1, 0.15) is 12.4 Å². The lowest BCUT2D eigenvalue weighted by Gasteiger charge is -2.15. The highest BCUT2D eigenvalue weighted by atomic mass is 16.5. The summed E-state index contributed by atoms with van der Waals surface area (Å²) in [5.41, 5.74) is 3.00. The number of aliphatic hydroxyl groups is 1. The predicted octanol–water partition coefficient (Wildman–Crippen LogP) is 2.98. The number of benzene rings is 2. The van der Waals surface area contributed by atoms with Crippen molar-refractivity contribution in [3.8, 4) is 5.75 Å². The molecule has 0 spiro atoms. The van der Waals surface area contributed by atoms with E-state index in [4.69, 9.17) is 4.74 Å². The molecule has 7 heteroatoms. The van der Waals surface area contributed by atoms with Crippen LogP contribution in [0.1, 0.15) is 23.6 Å². The molecule has 0 bridgehead atoms. The molecule has 0 aromatic heterocycles. The second-order valence-electron chi connectivity index (χ2n) is 6.92. The number of hydrogen-bond acceptors (Lipinski definition) is 5. The summed E-state index contributed by atoms with van der Waals surface area (Å²) in [6.07, 6.45) is 0. The molecule has 2 aromatic rings. The second kappa shape index (κ2) is 8.18. The van der Waals surface area contributed by atoms with Crippen LogP contribution < -0.4 is 10.1 Å². The number of ether oxygens (including phenoxy) is 1. The lowest BCUT2D eigenvalue weighted by Crippen LogP contribution is -2.35. The standard InChI is InChI=1S/C22H22N2O5/c1-13-10-14(2)12-18(11-13)29-9-8-24-21(27)19(20(26)22(24)28)16-4-6-17(7-5-16)23-15(3)25/h4-7,10-12,26H,8-9H2,1-3H3,(H,23,25). The summed E-state index contributed by atoms with van der Waals surface area (Å²) in [7, 11) is 0. The van der Waals surface area contributed by atoms with Crippen LogP contribution in [0.5, 0.6) is 5.75 Å². The number of rotatable bonds is 6. The Morgan fingerprint density at radius 3 is 2.24 bits per heavy atom. The summed E-state index contributed by atoms with van der Waals surface area (Å²) in [6, 6.07) is 12.1. The Morgan fingerprint density at radius 2 is 1.66 bits per heavy atom. The monoisotopic (exact) mass is 394 g/mol. The van der Waals surface area contributed by atoms with Crippen molar-refractivity contribution in [1.82, 2.24) is 4.90 Å². The van der Waals surface area contributed by atoms with Gasteiger partial charge in [-0.15, -0.1) is 0 Å². The lowest BCUT2D eigenvalue weighted by atomic mass is 10.1. The van der Waals surface area contributed by atoms with E-state index in [1.165, 1.54) is 6.92 Å². The van der Waals surface area contributed by atoms with E-state index in [0.717, 1.165) is 16.0 Å². The highest BCUT2D eigenvalue weighted by Crippen LogP contribution is 2.28. The van der Waals surface area contributed by atoms with Crippen LogP contribution in [0.2, 0.25) is 0 Å². The van der Waals surface area contributed by atoms with Gasteiger partial charge in [-0.25, -0.2) is 0 Å². The average molecular weight is 394 g/mol. The molecule has 7 nitrogen and oxygen atoms in total. The SMILES string of the molecule is CC(=O)Nc1ccc(C2=C(O)C(=O)N(CCOc3cc(C)cc(C)c3)C2=O)cc1. The smallest absolute Gasteiger partial charge is 0.296 e. The maximum atomic E-state index is 12.7. The van der Waals surface area contributed by atoms with Gasteiger partial charge >= 0.3 is 0 Å². The molecule has 0 saturated carbocycles. The molecule has 0 fully saturated rings. The fourth-order valence-electron chi connectivity index (χ4n) is 3.22. The van der Waals surface area contributed by atoms with E-state index in [2.05, 4.69) is 5.32 Å². The Hall–Kier alpha value is -3.61. The Kier molecular flexibility index (Phi) is 5.68. The molecule has 0 radical (unpaired) electrons. The number of hydrogen-bond donors (Lipinski definition) is 2. The van der Waals surface area contributed by atoms with Crippen LogP contribution in [-0.4, -0.2) is 40.9 Å². The third-order valence-electron chi connectivity index (χ3n) is 4.42. The van der Waals surface area contributed by atoms with E-state index in [1.54, 1.807) is 24.3 Å². The molecule has 0 atom stereocenters. The van der Waals surface area contributed by atoms with Crippen LogP contribution in [0, 0.1) is 13.8 Å². The normalized spacial score (nSPS) is 13.8. The Labute approximate surface area is 168 Å². The van der Waals surface area contributed by atoms with Crippen molar-refractivity contribution in [2.45, 2.75) is 20.8 Å². The molecular formula is C22H22N2O5. The Morgan fingerprint density at radius 1 is 1.03 bits per heavy atom. The maximum absolute atomic E-state index is 12.7. The van der Waals surface area contributed by atoms with Crippen molar-refractivity contribution >= 4 is 29.0 Å². The minimum Gasteiger partial charge on any atom is -0.502 e. The van der Waals surface area contributed by atoms with Crippen molar-refractivity contribution in [2.24, 2.45) is 0 Å². The zero-order chi connectivity index (χ0) is 21.1. The highest BCUT2D eigenvalue weighted by molar-refractivity contribution is 6.34. The highest BCUT2D eigenvalue weighted by Gasteiger charge is 2.39. The summed E-state index contributed by atoms with van der Waals surface area (Å²) in [5, 5.41) is 12.8. The molecule has 2 N–H and O–H groups in total. The fourth-order valence-corrected chi connectivity index (χ4v) is 3.22.